The molecule has 3 atom stereocenters. The molecule has 6 heteroatoms. The second kappa shape index (κ2) is 8.56. The van der Waals surface area contributed by atoms with E-state index in [9.17, 15) is 9.90 Å². The summed E-state index contributed by atoms with van der Waals surface area (Å²) in [6.45, 7) is 6.10. The quantitative estimate of drug-likeness (QED) is 0.691. The number of hydrogen-bond acceptors (Lipinski definition) is 5. The highest BCUT2D eigenvalue weighted by Gasteiger charge is 2.26. The maximum atomic E-state index is 11.8. The van der Waals surface area contributed by atoms with E-state index in [-0.39, 0.29) is 30.8 Å². The Labute approximate surface area is 127 Å². The third-order valence-corrected chi connectivity index (χ3v) is 3.45. The van der Waals surface area contributed by atoms with Crippen LogP contribution in [0.25, 0.3) is 0 Å². The summed E-state index contributed by atoms with van der Waals surface area (Å²) in [6.07, 6.45) is 3.55. The van der Waals surface area contributed by atoms with Gasteiger partial charge in [0.25, 0.3) is 0 Å². The summed E-state index contributed by atoms with van der Waals surface area (Å²) in [5.74, 6) is 0. The summed E-state index contributed by atoms with van der Waals surface area (Å²) in [5.41, 5.74) is -0.475. The fraction of sp³-hybridized carbons (Fsp3) is 0.933. The van der Waals surface area contributed by atoms with Gasteiger partial charge in [0.2, 0.25) is 0 Å². The first-order valence-electron chi connectivity index (χ1n) is 7.69. The lowest BCUT2D eigenvalue weighted by Crippen LogP contribution is -2.49. The molecule has 0 aliphatic heterocycles. The van der Waals surface area contributed by atoms with E-state index in [4.69, 9.17) is 9.47 Å². The number of aliphatic hydroxyl groups is 1. The van der Waals surface area contributed by atoms with Crippen LogP contribution in [0.4, 0.5) is 4.79 Å². The minimum atomic E-state index is -0.475. The Morgan fingerprint density at radius 1 is 1.33 bits per heavy atom. The lowest BCUT2D eigenvalue weighted by Gasteiger charge is -2.33. The first-order chi connectivity index (χ1) is 9.84. The highest BCUT2D eigenvalue weighted by molar-refractivity contribution is 5.68. The van der Waals surface area contributed by atoms with E-state index in [1.54, 1.807) is 7.11 Å². The summed E-state index contributed by atoms with van der Waals surface area (Å²) in [6, 6.07) is 0.347. The highest BCUT2D eigenvalue weighted by atomic mass is 16.6. The van der Waals surface area contributed by atoms with E-state index in [2.05, 4.69) is 10.6 Å². The van der Waals surface area contributed by atoms with Crippen molar-refractivity contribution in [2.24, 2.45) is 0 Å². The lowest BCUT2D eigenvalue weighted by molar-refractivity contribution is 0.0483. The van der Waals surface area contributed by atoms with Gasteiger partial charge in [-0.25, -0.2) is 4.79 Å². The zero-order valence-corrected chi connectivity index (χ0v) is 13.6. The van der Waals surface area contributed by atoms with E-state index in [0.29, 0.717) is 6.61 Å². The molecule has 0 aromatic heterocycles. The van der Waals surface area contributed by atoms with Crippen molar-refractivity contribution in [2.45, 2.75) is 70.2 Å². The summed E-state index contributed by atoms with van der Waals surface area (Å²) < 4.78 is 10.4. The maximum Gasteiger partial charge on any atom is 0.407 e. The zero-order chi connectivity index (χ0) is 15.9. The number of rotatable bonds is 6. The maximum absolute atomic E-state index is 11.8. The molecule has 0 spiro atoms. The van der Waals surface area contributed by atoms with E-state index in [1.807, 2.05) is 20.8 Å². The van der Waals surface area contributed by atoms with Crippen LogP contribution in [0.5, 0.6) is 0 Å². The Balaban J connectivity index is 2.39. The van der Waals surface area contributed by atoms with Crippen molar-refractivity contribution >= 4 is 6.09 Å². The standard InChI is InChI=1S/C15H30N2O4/c1-15(2,3)21-14(19)17-12-7-5-6-11(8-12)16-13(9-18)10-20-4/h11-13,16,18H,5-10H2,1-4H3,(H,17,19). The topological polar surface area (TPSA) is 79.8 Å². The smallest absolute Gasteiger partial charge is 0.407 e. The van der Waals surface area contributed by atoms with Gasteiger partial charge in [-0.15, -0.1) is 0 Å². The Morgan fingerprint density at radius 2 is 2.00 bits per heavy atom. The molecular formula is C15H30N2O4. The van der Waals surface area contributed by atoms with Crippen LogP contribution < -0.4 is 10.6 Å². The first-order valence-corrected chi connectivity index (χ1v) is 7.69. The van der Waals surface area contributed by atoms with Gasteiger partial charge < -0.3 is 25.2 Å². The van der Waals surface area contributed by atoms with Crippen LogP contribution in [0, 0.1) is 0 Å². The van der Waals surface area contributed by atoms with Gasteiger partial charge in [0.05, 0.1) is 19.3 Å². The van der Waals surface area contributed by atoms with Gasteiger partial charge in [-0.1, -0.05) is 0 Å². The van der Waals surface area contributed by atoms with Crippen LogP contribution in [-0.4, -0.2) is 55.2 Å². The molecule has 1 amide bonds. The third-order valence-electron chi connectivity index (χ3n) is 3.45. The zero-order valence-electron chi connectivity index (χ0n) is 13.6. The van der Waals surface area contributed by atoms with Crippen LogP contribution in [0.15, 0.2) is 0 Å². The van der Waals surface area contributed by atoms with Gasteiger partial charge in [-0.3, -0.25) is 0 Å². The molecule has 3 N–H and O–H groups in total. The molecule has 124 valence electrons. The molecule has 1 fully saturated rings. The molecule has 0 aromatic rings. The van der Waals surface area contributed by atoms with Crippen molar-refractivity contribution in [2.75, 3.05) is 20.3 Å². The SMILES string of the molecule is COCC(CO)NC1CCCC(NC(=O)OC(C)(C)C)C1. The number of ether oxygens (including phenoxy) is 2. The molecule has 3 unspecified atom stereocenters. The molecule has 1 aliphatic rings. The van der Waals surface area contributed by atoms with E-state index >= 15 is 0 Å². The number of alkyl carbamates (subject to hydrolysis) is 1. The monoisotopic (exact) mass is 302 g/mol. The van der Waals surface area contributed by atoms with E-state index in [1.165, 1.54) is 0 Å². The number of carbonyl (C=O) groups excluding carboxylic acids is 1. The van der Waals surface area contributed by atoms with Crippen LogP contribution in [0.3, 0.4) is 0 Å². The highest BCUT2D eigenvalue weighted by Crippen LogP contribution is 2.19. The Bertz CT molecular complexity index is 317. The fourth-order valence-corrected chi connectivity index (χ4v) is 2.63. The normalized spacial score (nSPS) is 24.4. The minimum absolute atomic E-state index is 0.0501. The molecule has 0 radical (unpaired) electrons. The first kappa shape index (κ1) is 18.2. The Morgan fingerprint density at radius 3 is 2.57 bits per heavy atom. The number of methoxy groups -OCH3 is 1. The van der Waals surface area contributed by atoms with Gasteiger partial charge in [-0.05, 0) is 46.5 Å². The predicted octanol–water partition coefficient (Wildman–Crippen LogP) is 1.42. The van der Waals surface area contributed by atoms with E-state index < -0.39 is 5.60 Å². The molecule has 1 saturated carbocycles. The molecule has 0 bridgehead atoms. The number of hydrogen-bond donors (Lipinski definition) is 3. The van der Waals surface area contributed by atoms with Crippen molar-refractivity contribution in [1.82, 2.24) is 10.6 Å². The number of aliphatic hydroxyl groups excluding tert-OH is 1. The summed E-state index contributed by atoms with van der Waals surface area (Å²) >= 11 is 0. The summed E-state index contributed by atoms with van der Waals surface area (Å²) in [5, 5.41) is 15.6. The van der Waals surface area contributed by atoms with Crippen LogP contribution >= 0.6 is 0 Å². The largest absolute Gasteiger partial charge is 0.444 e. The molecule has 6 nitrogen and oxygen atoms in total. The molecule has 0 saturated heterocycles. The molecule has 1 rings (SSSR count). The number of nitrogens with one attached hydrogen (secondary N) is 2. The van der Waals surface area contributed by atoms with Gasteiger partial charge in [0, 0.05) is 19.2 Å². The number of carbonyl (C=O) groups is 1. The summed E-state index contributed by atoms with van der Waals surface area (Å²) in [7, 11) is 1.62. The Kier molecular flexibility index (Phi) is 7.42. The van der Waals surface area contributed by atoms with Crippen molar-refractivity contribution in [3.05, 3.63) is 0 Å². The van der Waals surface area contributed by atoms with Crippen LogP contribution in [0.1, 0.15) is 46.5 Å². The van der Waals surface area contributed by atoms with Gasteiger partial charge >= 0.3 is 6.09 Å². The second-order valence-electron chi connectivity index (χ2n) is 6.71. The Hall–Kier alpha value is -0.850. The van der Waals surface area contributed by atoms with Crippen molar-refractivity contribution < 1.29 is 19.4 Å². The fourth-order valence-electron chi connectivity index (χ4n) is 2.63. The minimum Gasteiger partial charge on any atom is -0.444 e. The lowest BCUT2D eigenvalue weighted by atomic mass is 9.90. The van der Waals surface area contributed by atoms with Crippen molar-refractivity contribution in [3.8, 4) is 0 Å². The molecular weight excluding hydrogens is 272 g/mol. The van der Waals surface area contributed by atoms with Gasteiger partial charge in [0.1, 0.15) is 5.60 Å². The molecule has 0 aromatic carbocycles. The third kappa shape index (κ3) is 7.64. The van der Waals surface area contributed by atoms with Gasteiger partial charge in [0.15, 0.2) is 0 Å². The molecule has 1 aliphatic carbocycles. The average molecular weight is 302 g/mol. The van der Waals surface area contributed by atoms with Crippen molar-refractivity contribution in [1.29, 1.82) is 0 Å². The van der Waals surface area contributed by atoms with Gasteiger partial charge in [-0.2, -0.15) is 0 Å². The average Bonchev–Trinajstić information content (AvgIpc) is 2.36. The molecule has 21 heavy (non-hydrogen) atoms. The number of amides is 1. The predicted molar refractivity (Wildman–Crippen MR) is 81.3 cm³/mol. The van der Waals surface area contributed by atoms with Crippen molar-refractivity contribution in [3.63, 3.8) is 0 Å². The van der Waals surface area contributed by atoms with E-state index in [0.717, 1.165) is 25.7 Å². The second-order valence-corrected chi connectivity index (χ2v) is 6.71. The van der Waals surface area contributed by atoms with Crippen LogP contribution in [-0.2, 0) is 9.47 Å². The summed E-state index contributed by atoms with van der Waals surface area (Å²) in [4.78, 5) is 11.8. The molecule has 0 heterocycles. The van der Waals surface area contributed by atoms with Crippen LogP contribution in [0.2, 0.25) is 0 Å².